The lowest BCUT2D eigenvalue weighted by atomic mass is 10.0. The van der Waals surface area contributed by atoms with Crippen molar-refractivity contribution in [2.45, 2.75) is 64.8 Å². The van der Waals surface area contributed by atoms with Gasteiger partial charge >= 0.3 is 5.97 Å². The van der Waals surface area contributed by atoms with Crippen LogP contribution in [0.25, 0.3) is 0 Å². The molecule has 26 heavy (non-hydrogen) atoms. The van der Waals surface area contributed by atoms with E-state index >= 15 is 0 Å². The van der Waals surface area contributed by atoms with Crippen molar-refractivity contribution in [3.05, 3.63) is 24.3 Å². The van der Waals surface area contributed by atoms with Crippen molar-refractivity contribution in [1.29, 1.82) is 0 Å². The molecular weight excluding hydrogens is 332 g/mol. The van der Waals surface area contributed by atoms with Gasteiger partial charge in [-0.3, -0.25) is 9.59 Å². The Morgan fingerprint density at radius 2 is 1.54 bits per heavy atom. The van der Waals surface area contributed by atoms with Crippen molar-refractivity contribution in [3.63, 3.8) is 0 Å². The quantitative estimate of drug-likeness (QED) is 0.594. The highest BCUT2D eigenvalue weighted by molar-refractivity contribution is 5.93. The van der Waals surface area contributed by atoms with E-state index in [1.807, 2.05) is 13.8 Å². The molecule has 6 heteroatoms. The highest BCUT2D eigenvalue weighted by Crippen LogP contribution is 2.25. The van der Waals surface area contributed by atoms with Gasteiger partial charge in [0.2, 0.25) is 11.8 Å². The topological polar surface area (TPSA) is 84.5 Å². The number of nitrogens with one attached hydrogen (secondary N) is 2. The number of para-hydroxylation sites is 2. The highest BCUT2D eigenvalue weighted by atomic mass is 16.5. The summed E-state index contributed by atoms with van der Waals surface area (Å²) in [5.41, 5.74) is 0.465. The Labute approximate surface area is 154 Å². The first-order chi connectivity index (χ1) is 12.5. The van der Waals surface area contributed by atoms with Crippen LogP contribution in [0.1, 0.15) is 58.8 Å². The number of fused-ring (bicyclic) bond motifs is 1. The van der Waals surface area contributed by atoms with Crippen molar-refractivity contribution in [2.75, 3.05) is 5.32 Å². The van der Waals surface area contributed by atoms with E-state index in [-0.39, 0.29) is 23.5 Å². The lowest BCUT2D eigenvalue weighted by molar-refractivity contribution is -0.140. The first-order valence-corrected chi connectivity index (χ1v) is 9.37. The predicted molar refractivity (Wildman–Crippen MR) is 99.8 cm³/mol. The first-order valence-electron chi connectivity index (χ1n) is 9.37. The molecule has 142 valence electrons. The van der Waals surface area contributed by atoms with Crippen LogP contribution in [-0.4, -0.2) is 23.8 Å². The van der Waals surface area contributed by atoms with Gasteiger partial charge in [0.05, 0.1) is 5.69 Å². The van der Waals surface area contributed by atoms with Gasteiger partial charge in [-0.05, 0) is 30.9 Å². The molecule has 0 aliphatic carbocycles. The Morgan fingerprint density at radius 3 is 2.23 bits per heavy atom. The standard InChI is InChI=1S/C20H28N2O4/c1-14(2)19-20(25)26-16-11-9-8-10-15(16)21-17(23)12-6-4-3-5-7-13-18(24)22-19/h8-11,14,19H,3-7,12-13H2,1-2H3,(H,21,23)(H,22,24)/t19-/m0/s1. The van der Waals surface area contributed by atoms with E-state index in [1.54, 1.807) is 24.3 Å². The number of anilines is 1. The van der Waals surface area contributed by atoms with Crippen molar-refractivity contribution in [2.24, 2.45) is 5.92 Å². The second kappa shape index (κ2) is 9.94. The Kier molecular flexibility index (Phi) is 7.63. The number of amides is 2. The van der Waals surface area contributed by atoms with Crippen molar-refractivity contribution in [3.8, 4) is 5.75 Å². The molecule has 1 aromatic rings. The lowest BCUT2D eigenvalue weighted by Crippen LogP contribution is -2.46. The number of rotatable bonds is 1. The zero-order valence-corrected chi connectivity index (χ0v) is 15.5. The number of hydrogen-bond acceptors (Lipinski definition) is 4. The van der Waals surface area contributed by atoms with E-state index < -0.39 is 12.0 Å². The van der Waals surface area contributed by atoms with Crippen LogP contribution in [0.3, 0.4) is 0 Å². The van der Waals surface area contributed by atoms with Gasteiger partial charge in [0.25, 0.3) is 0 Å². The summed E-state index contributed by atoms with van der Waals surface area (Å²) in [7, 11) is 0. The smallest absolute Gasteiger partial charge is 0.334 e. The SMILES string of the molecule is CC(C)[C@@H]1NC(=O)CCCCCCCC(=O)Nc2ccccc2OC1=O. The molecule has 6 nitrogen and oxygen atoms in total. The second-order valence-corrected chi connectivity index (χ2v) is 7.02. The predicted octanol–water partition coefficient (Wildman–Crippen LogP) is 3.42. The summed E-state index contributed by atoms with van der Waals surface area (Å²) >= 11 is 0. The Balaban J connectivity index is 2.20. The van der Waals surface area contributed by atoms with E-state index in [9.17, 15) is 14.4 Å². The van der Waals surface area contributed by atoms with E-state index in [0.717, 1.165) is 32.1 Å². The number of esters is 1. The molecule has 1 aliphatic heterocycles. The third-order valence-corrected chi connectivity index (χ3v) is 4.42. The van der Waals surface area contributed by atoms with E-state index in [0.29, 0.717) is 18.5 Å². The molecule has 0 saturated carbocycles. The Hall–Kier alpha value is -2.37. The van der Waals surface area contributed by atoms with Crippen molar-refractivity contribution < 1.29 is 19.1 Å². The van der Waals surface area contributed by atoms with E-state index in [2.05, 4.69) is 10.6 Å². The van der Waals surface area contributed by atoms with Crippen LogP contribution in [0.2, 0.25) is 0 Å². The van der Waals surface area contributed by atoms with Gasteiger partial charge in [0, 0.05) is 12.8 Å². The van der Waals surface area contributed by atoms with Crippen molar-refractivity contribution in [1.82, 2.24) is 5.32 Å². The van der Waals surface area contributed by atoms with Gasteiger partial charge in [-0.15, -0.1) is 0 Å². The van der Waals surface area contributed by atoms with Gasteiger partial charge in [-0.25, -0.2) is 4.79 Å². The normalized spacial score (nSPS) is 20.7. The molecule has 0 spiro atoms. The Bertz CT molecular complexity index is 642. The monoisotopic (exact) mass is 360 g/mol. The number of carbonyl (C=O) groups is 3. The zero-order chi connectivity index (χ0) is 18.9. The molecule has 1 atom stereocenters. The summed E-state index contributed by atoms with van der Waals surface area (Å²) in [6, 6.07) is 6.12. The summed E-state index contributed by atoms with van der Waals surface area (Å²) < 4.78 is 5.50. The van der Waals surface area contributed by atoms with E-state index in [1.165, 1.54) is 0 Å². The summed E-state index contributed by atoms with van der Waals surface area (Å²) in [5.74, 6) is -0.560. The third-order valence-electron chi connectivity index (χ3n) is 4.42. The zero-order valence-electron chi connectivity index (χ0n) is 15.5. The van der Waals surface area contributed by atoms with Gasteiger partial charge in [-0.2, -0.15) is 0 Å². The summed E-state index contributed by atoms with van der Waals surface area (Å²) in [6.45, 7) is 3.72. The fourth-order valence-corrected chi connectivity index (χ4v) is 2.89. The van der Waals surface area contributed by atoms with Crippen LogP contribution in [0.4, 0.5) is 5.69 Å². The average molecular weight is 360 g/mol. The number of ether oxygens (including phenoxy) is 1. The maximum Gasteiger partial charge on any atom is 0.334 e. The van der Waals surface area contributed by atoms with Gasteiger partial charge in [0.1, 0.15) is 6.04 Å². The largest absolute Gasteiger partial charge is 0.423 e. The molecule has 0 saturated heterocycles. The van der Waals surface area contributed by atoms with Crippen LogP contribution >= 0.6 is 0 Å². The number of hydrogen-bond donors (Lipinski definition) is 2. The third kappa shape index (κ3) is 6.17. The maximum atomic E-state index is 12.6. The molecule has 2 amide bonds. The van der Waals surface area contributed by atoms with Gasteiger partial charge < -0.3 is 15.4 Å². The van der Waals surface area contributed by atoms with Crippen LogP contribution in [0.5, 0.6) is 5.75 Å². The van der Waals surface area contributed by atoms with Gasteiger partial charge in [0.15, 0.2) is 5.75 Å². The lowest BCUT2D eigenvalue weighted by Gasteiger charge is -2.21. The minimum absolute atomic E-state index is 0.0886. The fourth-order valence-electron chi connectivity index (χ4n) is 2.89. The van der Waals surface area contributed by atoms with Crippen molar-refractivity contribution >= 4 is 23.5 Å². The molecule has 1 heterocycles. The average Bonchev–Trinajstić information content (AvgIpc) is 2.59. The molecule has 0 fully saturated rings. The molecule has 0 radical (unpaired) electrons. The summed E-state index contributed by atoms with van der Waals surface area (Å²) in [4.78, 5) is 36.9. The second-order valence-electron chi connectivity index (χ2n) is 7.02. The first kappa shape index (κ1) is 19.9. The molecule has 0 bridgehead atoms. The number of benzene rings is 1. The molecule has 0 aromatic heterocycles. The molecule has 0 unspecified atom stereocenters. The van der Waals surface area contributed by atoms with E-state index in [4.69, 9.17) is 4.74 Å². The van der Waals surface area contributed by atoms with Crippen LogP contribution < -0.4 is 15.4 Å². The summed E-state index contributed by atoms with van der Waals surface area (Å²) in [6.07, 6.45) is 5.29. The highest BCUT2D eigenvalue weighted by Gasteiger charge is 2.27. The molecule has 1 aromatic carbocycles. The fraction of sp³-hybridized carbons (Fsp3) is 0.550. The van der Waals surface area contributed by atoms with Gasteiger partial charge in [-0.1, -0.05) is 45.2 Å². The van der Waals surface area contributed by atoms with Crippen LogP contribution in [0, 0.1) is 5.92 Å². The minimum atomic E-state index is -0.723. The minimum Gasteiger partial charge on any atom is -0.423 e. The Morgan fingerprint density at radius 1 is 0.923 bits per heavy atom. The molecule has 1 aliphatic rings. The number of carbonyl (C=O) groups excluding carboxylic acids is 3. The van der Waals surface area contributed by atoms with Crippen LogP contribution in [0.15, 0.2) is 24.3 Å². The maximum absolute atomic E-state index is 12.6. The molecular formula is C20H28N2O4. The van der Waals surface area contributed by atoms with Crippen LogP contribution in [-0.2, 0) is 14.4 Å². The molecule has 2 N–H and O–H groups in total. The molecule has 2 rings (SSSR count). The summed E-state index contributed by atoms with van der Waals surface area (Å²) in [5, 5.41) is 5.60.